The van der Waals surface area contributed by atoms with Crippen LogP contribution in [0.1, 0.15) is 23.6 Å². The topological polar surface area (TPSA) is 43.8 Å². The predicted molar refractivity (Wildman–Crippen MR) is 53.1 cm³/mol. The van der Waals surface area contributed by atoms with E-state index in [2.05, 4.69) is 4.98 Å². The van der Waals surface area contributed by atoms with Gasteiger partial charge in [-0.1, -0.05) is 0 Å². The Morgan fingerprint density at radius 1 is 1.47 bits per heavy atom. The second kappa shape index (κ2) is 3.97. The van der Waals surface area contributed by atoms with Crippen LogP contribution in [0.3, 0.4) is 0 Å². The van der Waals surface area contributed by atoms with Crippen molar-refractivity contribution in [1.82, 2.24) is 9.55 Å². The fourth-order valence-electron chi connectivity index (χ4n) is 2.13. The Bertz CT molecular complexity index is 427. The minimum absolute atomic E-state index is 0.134. The molecule has 1 heterocycles. The molecule has 0 spiro atoms. The average molecular weight is 251 g/mol. The lowest BCUT2D eigenvalue weighted by Crippen LogP contribution is -2.28. The van der Waals surface area contributed by atoms with E-state index in [1.165, 1.54) is 7.05 Å². The van der Waals surface area contributed by atoms with Crippen molar-refractivity contribution in [3.05, 3.63) is 17.2 Å². The molecule has 7 heteroatoms. The van der Waals surface area contributed by atoms with Crippen LogP contribution >= 0.6 is 0 Å². The molecule has 0 radical (unpaired) electrons. The summed E-state index contributed by atoms with van der Waals surface area (Å²) in [7, 11) is 1.34. The highest BCUT2D eigenvalue weighted by molar-refractivity contribution is 5.23. The van der Waals surface area contributed by atoms with Crippen LogP contribution in [0.15, 0.2) is 0 Å². The largest absolute Gasteiger partial charge is 0.364 e. The highest BCUT2D eigenvalue weighted by Gasteiger charge is 2.47. The molecule has 2 N–H and O–H groups in total. The molecule has 1 aliphatic carbocycles. The molecule has 0 amide bonds. The van der Waals surface area contributed by atoms with E-state index in [-0.39, 0.29) is 6.04 Å². The number of hydrogen-bond donors (Lipinski definition) is 1. The second-order valence-electron chi connectivity index (χ2n) is 4.31. The molecule has 0 bridgehead atoms. The molecule has 2 rings (SSSR count). The predicted octanol–water partition coefficient (Wildman–Crippen LogP) is 1.59. The maximum atomic E-state index is 13.3. The molecule has 0 saturated heterocycles. The van der Waals surface area contributed by atoms with Crippen LogP contribution in [0.25, 0.3) is 0 Å². The molecule has 0 saturated carbocycles. The van der Waals surface area contributed by atoms with Gasteiger partial charge in [-0.25, -0.2) is 13.8 Å². The number of alkyl halides is 4. The van der Waals surface area contributed by atoms with Gasteiger partial charge in [-0.2, -0.15) is 8.78 Å². The maximum absolute atomic E-state index is 13.3. The van der Waals surface area contributed by atoms with Crippen molar-refractivity contribution in [3.8, 4) is 0 Å². The maximum Gasteiger partial charge on any atom is 0.364 e. The van der Waals surface area contributed by atoms with Crippen LogP contribution in [-0.2, 0) is 25.8 Å². The van der Waals surface area contributed by atoms with E-state index in [1.807, 2.05) is 0 Å². The van der Waals surface area contributed by atoms with Gasteiger partial charge in [-0.3, -0.25) is 0 Å². The molecule has 0 aliphatic heterocycles. The monoisotopic (exact) mass is 251 g/mol. The van der Waals surface area contributed by atoms with Gasteiger partial charge in [0.05, 0.1) is 5.69 Å². The average Bonchev–Trinajstić information content (AvgIpc) is 2.55. The van der Waals surface area contributed by atoms with Gasteiger partial charge in [0.15, 0.2) is 5.82 Å². The minimum Gasteiger partial charge on any atom is -0.330 e. The Morgan fingerprint density at radius 3 is 2.71 bits per heavy atom. The van der Waals surface area contributed by atoms with Crippen LogP contribution in [0, 0.1) is 0 Å². The number of rotatable bonds is 2. The van der Waals surface area contributed by atoms with Crippen LogP contribution < -0.4 is 5.73 Å². The van der Waals surface area contributed by atoms with Gasteiger partial charge in [-0.05, 0) is 12.8 Å². The zero-order chi connectivity index (χ0) is 12.8. The Labute approximate surface area is 95.6 Å². The first-order valence-corrected chi connectivity index (χ1v) is 5.30. The summed E-state index contributed by atoms with van der Waals surface area (Å²) in [6, 6.07) is -0.134. The summed E-state index contributed by atoms with van der Waals surface area (Å²) < 4.78 is 52.2. The number of nitrogens with zero attached hydrogens (tertiary/aromatic N) is 2. The second-order valence-corrected chi connectivity index (χ2v) is 4.31. The Morgan fingerprint density at radius 2 is 2.12 bits per heavy atom. The number of aromatic nitrogens is 2. The number of nitrogens with two attached hydrogens (primary N) is 1. The Hall–Kier alpha value is -1.11. The molecule has 0 aromatic carbocycles. The summed E-state index contributed by atoms with van der Waals surface area (Å²) in [5.41, 5.74) is 6.70. The number of hydrogen-bond acceptors (Lipinski definition) is 2. The van der Waals surface area contributed by atoms with Crippen LogP contribution in [0.2, 0.25) is 0 Å². The summed E-state index contributed by atoms with van der Waals surface area (Å²) in [4.78, 5) is 3.65. The molecular formula is C10H13F4N3. The Balaban J connectivity index is 2.44. The first kappa shape index (κ1) is 12.3. The van der Waals surface area contributed by atoms with Crippen molar-refractivity contribution in [1.29, 1.82) is 0 Å². The van der Waals surface area contributed by atoms with Gasteiger partial charge in [-0.15, -0.1) is 0 Å². The lowest BCUT2D eigenvalue weighted by Gasteiger charge is -2.18. The number of halogens is 4. The van der Waals surface area contributed by atoms with Crippen molar-refractivity contribution >= 4 is 0 Å². The summed E-state index contributed by atoms with van der Waals surface area (Å²) >= 11 is 0. The molecule has 1 aromatic heterocycles. The first-order valence-electron chi connectivity index (χ1n) is 5.30. The minimum atomic E-state index is -4.21. The van der Waals surface area contributed by atoms with Crippen molar-refractivity contribution in [3.63, 3.8) is 0 Å². The highest BCUT2D eigenvalue weighted by atomic mass is 19.3. The third-order valence-electron chi connectivity index (χ3n) is 3.08. The first-order chi connectivity index (χ1) is 7.84. The van der Waals surface area contributed by atoms with Gasteiger partial charge >= 0.3 is 12.3 Å². The van der Waals surface area contributed by atoms with Gasteiger partial charge < -0.3 is 10.3 Å². The van der Waals surface area contributed by atoms with Gasteiger partial charge in [0.25, 0.3) is 0 Å². The molecule has 1 aliphatic rings. The third kappa shape index (κ3) is 1.92. The van der Waals surface area contributed by atoms with Gasteiger partial charge in [0.2, 0.25) is 0 Å². The standard InChI is InChI=1S/C10H13F4N3/c1-17-7-3-2-5(15)4-6(7)16-9(17)10(13,14)8(11)12/h5,8H,2-4,15H2,1H3. The number of fused-ring (bicyclic) bond motifs is 1. The zero-order valence-corrected chi connectivity index (χ0v) is 9.26. The molecular weight excluding hydrogens is 238 g/mol. The van der Waals surface area contributed by atoms with E-state index in [9.17, 15) is 17.6 Å². The molecule has 1 aromatic rings. The fraction of sp³-hybridized carbons (Fsp3) is 0.700. The van der Waals surface area contributed by atoms with Crippen LogP contribution in [0.5, 0.6) is 0 Å². The van der Waals surface area contributed by atoms with E-state index in [1.54, 1.807) is 0 Å². The van der Waals surface area contributed by atoms with E-state index < -0.39 is 18.2 Å². The van der Waals surface area contributed by atoms with E-state index in [0.717, 1.165) is 4.57 Å². The van der Waals surface area contributed by atoms with Crippen molar-refractivity contribution in [2.75, 3.05) is 0 Å². The summed E-state index contributed by atoms with van der Waals surface area (Å²) in [6.07, 6.45) is -2.23. The van der Waals surface area contributed by atoms with Gasteiger partial charge in [0.1, 0.15) is 0 Å². The SMILES string of the molecule is Cn1c(C(F)(F)C(F)F)nc2c1CCC(N)C2. The smallest absolute Gasteiger partial charge is 0.330 e. The van der Waals surface area contributed by atoms with Crippen LogP contribution in [0.4, 0.5) is 17.6 Å². The van der Waals surface area contributed by atoms with E-state index in [4.69, 9.17) is 5.73 Å². The molecule has 0 fully saturated rings. The Kier molecular flexibility index (Phi) is 2.89. The van der Waals surface area contributed by atoms with E-state index >= 15 is 0 Å². The highest BCUT2D eigenvalue weighted by Crippen LogP contribution is 2.35. The molecule has 3 nitrogen and oxygen atoms in total. The summed E-state index contributed by atoms with van der Waals surface area (Å²) in [5, 5.41) is 0. The molecule has 17 heavy (non-hydrogen) atoms. The quantitative estimate of drug-likeness (QED) is 0.811. The zero-order valence-electron chi connectivity index (χ0n) is 9.26. The van der Waals surface area contributed by atoms with Crippen molar-refractivity contribution in [2.24, 2.45) is 12.8 Å². The number of imidazole rings is 1. The molecule has 1 unspecified atom stereocenters. The van der Waals surface area contributed by atoms with Crippen molar-refractivity contribution in [2.45, 2.75) is 37.7 Å². The summed E-state index contributed by atoms with van der Waals surface area (Å²) in [6.45, 7) is 0. The van der Waals surface area contributed by atoms with Gasteiger partial charge in [0, 0.05) is 25.2 Å². The van der Waals surface area contributed by atoms with Crippen LogP contribution in [-0.4, -0.2) is 22.0 Å². The van der Waals surface area contributed by atoms with E-state index in [0.29, 0.717) is 30.7 Å². The molecule has 96 valence electrons. The molecule has 1 atom stereocenters. The third-order valence-corrected chi connectivity index (χ3v) is 3.08. The fourth-order valence-corrected chi connectivity index (χ4v) is 2.13. The lowest BCUT2D eigenvalue weighted by atomic mass is 9.97. The van der Waals surface area contributed by atoms with Crippen molar-refractivity contribution < 1.29 is 17.6 Å². The summed E-state index contributed by atoms with van der Waals surface area (Å²) in [5.74, 6) is -5.08. The normalized spacial score (nSPS) is 20.8. The lowest BCUT2D eigenvalue weighted by molar-refractivity contribution is -0.142.